The van der Waals surface area contributed by atoms with E-state index in [0.717, 1.165) is 12.1 Å². The van der Waals surface area contributed by atoms with E-state index in [2.05, 4.69) is 15.2 Å². The number of ether oxygens (including phenoxy) is 1. The van der Waals surface area contributed by atoms with E-state index < -0.39 is 5.82 Å². The number of aryl methyl sites for hydroxylation is 1. The molecular formula is C16H17FN4O2. The molecule has 3 heterocycles. The fourth-order valence-electron chi connectivity index (χ4n) is 2.51. The smallest absolute Gasteiger partial charge is 0.275 e. The van der Waals surface area contributed by atoms with Crippen molar-refractivity contribution >= 4 is 5.91 Å². The third-order valence-electron chi connectivity index (χ3n) is 3.77. The molecule has 1 aliphatic heterocycles. The number of likely N-dealkylation sites (tertiary alicyclic amines) is 1. The lowest BCUT2D eigenvalue weighted by Gasteiger charge is -2.16. The van der Waals surface area contributed by atoms with Gasteiger partial charge in [0.1, 0.15) is 0 Å². The molecule has 0 bridgehead atoms. The Morgan fingerprint density at radius 2 is 2.26 bits per heavy atom. The molecule has 1 fully saturated rings. The van der Waals surface area contributed by atoms with E-state index in [9.17, 15) is 9.18 Å². The van der Waals surface area contributed by atoms with Crippen molar-refractivity contribution < 1.29 is 13.9 Å². The maximum Gasteiger partial charge on any atom is 0.275 e. The molecule has 6 nitrogen and oxygen atoms in total. The highest BCUT2D eigenvalue weighted by atomic mass is 19.1. The van der Waals surface area contributed by atoms with Gasteiger partial charge < -0.3 is 9.64 Å². The van der Waals surface area contributed by atoms with E-state index in [4.69, 9.17) is 4.74 Å². The first kappa shape index (κ1) is 15.3. The molecule has 1 amide bonds. The Bertz CT molecular complexity index is 693. The van der Waals surface area contributed by atoms with Crippen LogP contribution in [0.15, 0.2) is 30.5 Å². The van der Waals surface area contributed by atoms with Crippen LogP contribution in [0.25, 0.3) is 0 Å². The summed E-state index contributed by atoms with van der Waals surface area (Å²) in [6.45, 7) is 3.40. The van der Waals surface area contributed by atoms with E-state index in [0.29, 0.717) is 25.6 Å². The SMILES string of the molecule is Cc1ccc(OCC2CCN(C(=O)c3ncccc3F)C2)nn1. The van der Waals surface area contributed by atoms with Gasteiger partial charge >= 0.3 is 0 Å². The summed E-state index contributed by atoms with van der Waals surface area (Å²) in [5.74, 6) is -0.308. The molecule has 2 aromatic heterocycles. The molecule has 0 N–H and O–H groups in total. The molecule has 1 aliphatic rings. The molecule has 1 saturated heterocycles. The topological polar surface area (TPSA) is 68.2 Å². The Hall–Kier alpha value is -2.57. The molecular weight excluding hydrogens is 299 g/mol. The minimum Gasteiger partial charge on any atom is -0.476 e. The van der Waals surface area contributed by atoms with Gasteiger partial charge in [0, 0.05) is 31.3 Å². The maximum absolute atomic E-state index is 13.6. The Kier molecular flexibility index (Phi) is 4.45. The Labute approximate surface area is 133 Å². The fourth-order valence-corrected chi connectivity index (χ4v) is 2.51. The standard InChI is InChI=1S/C16H17FN4O2/c1-11-4-5-14(20-19-11)23-10-12-6-8-21(9-12)16(22)15-13(17)3-2-7-18-15/h2-5,7,12H,6,8-10H2,1H3. The Morgan fingerprint density at radius 3 is 3.00 bits per heavy atom. The lowest BCUT2D eigenvalue weighted by Crippen LogP contribution is -2.31. The number of carbonyl (C=O) groups excluding carboxylic acids is 1. The summed E-state index contributed by atoms with van der Waals surface area (Å²) in [4.78, 5) is 17.7. The number of halogens is 1. The first-order valence-corrected chi connectivity index (χ1v) is 7.46. The van der Waals surface area contributed by atoms with Gasteiger partial charge in [-0.25, -0.2) is 9.37 Å². The zero-order valence-corrected chi connectivity index (χ0v) is 12.8. The van der Waals surface area contributed by atoms with Gasteiger partial charge in [0.2, 0.25) is 5.88 Å². The molecule has 0 spiro atoms. The fraction of sp³-hybridized carbons (Fsp3) is 0.375. The largest absolute Gasteiger partial charge is 0.476 e. The monoisotopic (exact) mass is 316 g/mol. The van der Waals surface area contributed by atoms with Crippen molar-refractivity contribution in [3.63, 3.8) is 0 Å². The van der Waals surface area contributed by atoms with Crippen LogP contribution in [0.3, 0.4) is 0 Å². The zero-order valence-electron chi connectivity index (χ0n) is 12.8. The molecule has 0 aliphatic carbocycles. The molecule has 7 heteroatoms. The van der Waals surface area contributed by atoms with Gasteiger partial charge in [-0.3, -0.25) is 4.79 Å². The highest BCUT2D eigenvalue weighted by Gasteiger charge is 2.29. The predicted octanol–water partition coefficient (Wildman–Crippen LogP) is 1.86. The number of nitrogens with zero attached hydrogens (tertiary/aromatic N) is 4. The van der Waals surface area contributed by atoms with Crippen molar-refractivity contribution in [3.8, 4) is 5.88 Å². The maximum atomic E-state index is 13.6. The average molecular weight is 316 g/mol. The van der Waals surface area contributed by atoms with Crippen molar-refractivity contribution in [1.82, 2.24) is 20.1 Å². The summed E-state index contributed by atoms with van der Waals surface area (Å²) >= 11 is 0. The first-order valence-electron chi connectivity index (χ1n) is 7.46. The van der Waals surface area contributed by atoms with Crippen LogP contribution in [0, 0.1) is 18.7 Å². The second-order valence-corrected chi connectivity index (χ2v) is 5.56. The molecule has 2 aromatic rings. The van der Waals surface area contributed by atoms with Crippen LogP contribution >= 0.6 is 0 Å². The van der Waals surface area contributed by atoms with Crippen molar-refractivity contribution in [2.24, 2.45) is 5.92 Å². The van der Waals surface area contributed by atoms with E-state index >= 15 is 0 Å². The summed E-state index contributed by atoms with van der Waals surface area (Å²) in [6.07, 6.45) is 2.22. The number of carbonyl (C=O) groups is 1. The van der Waals surface area contributed by atoms with Gasteiger partial charge in [0.25, 0.3) is 5.91 Å². The van der Waals surface area contributed by atoms with E-state index in [1.165, 1.54) is 18.3 Å². The van der Waals surface area contributed by atoms with Crippen LogP contribution < -0.4 is 4.74 Å². The normalized spacial score (nSPS) is 17.3. The number of hydrogen-bond acceptors (Lipinski definition) is 5. The average Bonchev–Trinajstić information content (AvgIpc) is 3.03. The third kappa shape index (κ3) is 3.61. The lowest BCUT2D eigenvalue weighted by molar-refractivity contribution is 0.0772. The Morgan fingerprint density at radius 1 is 1.39 bits per heavy atom. The van der Waals surface area contributed by atoms with Crippen LogP contribution in [-0.2, 0) is 0 Å². The number of hydrogen-bond donors (Lipinski definition) is 0. The minimum absolute atomic E-state index is 0.126. The molecule has 0 radical (unpaired) electrons. The molecule has 120 valence electrons. The molecule has 0 aromatic carbocycles. The van der Waals surface area contributed by atoms with Gasteiger partial charge in [-0.05, 0) is 31.5 Å². The van der Waals surface area contributed by atoms with Crippen LogP contribution in [0.2, 0.25) is 0 Å². The number of pyridine rings is 1. The summed E-state index contributed by atoms with van der Waals surface area (Å²) in [7, 11) is 0. The first-order chi connectivity index (χ1) is 11.1. The number of amides is 1. The summed E-state index contributed by atoms with van der Waals surface area (Å²) < 4.78 is 19.2. The molecule has 23 heavy (non-hydrogen) atoms. The van der Waals surface area contributed by atoms with Crippen molar-refractivity contribution in [2.45, 2.75) is 13.3 Å². The molecule has 3 rings (SSSR count). The summed E-state index contributed by atoms with van der Waals surface area (Å²) in [6, 6.07) is 6.31. The molecule has 1 atom stereocenters. The van der Waals surface area contributed by atoms with Crippen LogP contribution in [0.4, 0.5) is 4.39 Å². The quantitative estimate of drug-likeness (QED) is 0.861. The summed E-state index contributed by atoms with van der Waals surface area (Å²) in [5.41, 5.74) is 0.700. The summed E-state index contributed by atoms with van der Waals surface area (Å²) in [5, 5.41) is 7.87. The zero-order chi connectivity index (χ0) is 16.2. The predicted molar refractivity (Wildman–Crippen MR) is 80.5 cm³/mol. The second kappa shape index (κ2) is 6.68. The highest BCUT2D eigenvalue weighted by Crippen LogP contribution is 2.20. The van der Waals surface area contributed by atoms with Gasteiger partial charge in [0.05, 0.1) is 12.3 Å². The van der Waals surface area contributed by atoms with E-state index in [-0.39, 0.29) is 17.5 Å². The van der Waals surface area contributed by atoms with Gasteiger partial charge in [0.15, 0.2) is 11.5 Å². The van der Waals surface area contributed by atoms with Gasteiger partial charge in [-0.2, -0.15) is 5.10 Å². The van der Waals surface area contributed by atoms with Gasteiger partial charge in [-0.15, -0.1) is 5.10 Å². The van der Waals surface area contributed by atoms with Crippen molar-refractivity contribution in [1.29, 1.82) is 0 Å². The molecule has 1 unspecified atom stereocenters. The van der Waals surface area contributed by atoms with Crippen LogP contribution in [0.5, 0.6) is 5.88 Å². The van der Waals surface area contributed by atoms with Crippen LogP contribution in [-0.4, -0.2) is 45.7 Å². The van der Waals surface area contributed by atoms with Crippen molar-refractivity contribution in [3.05, 3.63) is 47.7 Å². The van der Waals surface area contributed by atoms with Crippen molar-refractivity contribution in [2.75, 3.05) is 19.7 Å². The highest BCUT2D eigenvalue weighted by molar-refractivity contribution is 5.92. The minimum atomic E-state index is -0.591. The third-order valence-corrected chi connectivity index (χ3v) is 3.77. The Balaban J connectivity index is 1.55. The van der Waals surface area contributed by atoms with E-state index in [1.54, 1.807) is 11.0 Å². The second-order valence-electron chi connectivity index (χ2n) is 5.56. The number of aromatic nitrogens is 3. The molecule has 0 saturated carbocycles. The van der Waals surface area contributed by atoms with E-state index in [1.807, 2.05) is 13.0 Å². The van der Waals surface area contributed by atoms with Gasteiger partial charge in [-0.1, -0.05) is 0 Å². The number of rotatable bonds is 4. The lowest BCUT2D eigenvalue weighted by atomic mass is 10.1. The van der Waals surface area contributed by atoms with Crippen LogP contribution in [0.1, 0.15) is 22.6 Å².